The van der Waals surface area contributed by atoms with E-state index in [0.29, 0.717) is 29.3 Å². The first kappa shape index (κ1) is 19.8. The molecule has 0 amide bonds. The molecule has 1 aromatic carbocycles. The van der Waals surface area contributed by atoms with Crippen LogP contribution in [0, 0.1) is 0 Å². The maximum absolute atomic E-state index is 12.7. The van der Waals surface area contributed by atoms with E-state index in [4.69, 9.17) is 23.7 Å². The van der Waals surface area contributed by atoms with Crippen LogP contribution >= 0.6 is 0 Å². The van der Waals surface area contributed by atoms with Crippen LogP contribution in [0.2, 0.25) is 0 Å². The lowest BCUT2D eigenvalue weighted by atomic mass is 9.96. The zero-order valence-electron chi connectivity index (χ0n) is 15.7. The minimum atomic E-state index is -0.922. The van der Waals surface area contributed by atoms with E-state index in [1.165, 1.54) is 13.2 Å². The molecule has 0 saturated heterocycles. The third-order valence-corrected chi connectivity index (χ3v) is 4.23. The molecule has 0 atom stereocenters. The number of hydrogen-bond donors (Lipinski definition) is 0. The molecule has 6 nitrogen and oxygen atoms in total. The van der Waals surface area contributed by atoms with E-state index in [1.807, 2.05) is 12.1 Å². The second-order valence-corrected chi connectivity index (χ2v) is 5.54. The fourth-order valence-electron chi connectivity index (χ4n) is 2.74. The highest BCUT2D eigenvalue weighted by molar-refractivity contribution is 6.09. The number of carbonyl (C=O) groups is 1. The van der Waals surface area contributed by atoms with Crippen molar-refractivity contribution in [2.24, 2.45) is 0 Å². The smallest absolute Gasteiger partial charge is 0.194 e. The van der Waals surface area contributed by atoms with Crippen molar-refractivity contribution in [2.75, 3.05) is 35.5 Å². The van der Waals surface area contributed by atoms with Crippen LogP contribution in [0.25, 0.3) is 6.08 Å². The number of para-hydroxylation sites is 1. The largest absolute Gasteiger partial charge is 0.496 e. The summed E-state index contributed by atoms with van der Waals surface area (Å²) < 4.78 is 26.8. The Labute approximate surface area is 153 Å². The van der Waals surface area contributed by atoms with Crippen molar-refractivity contribution in [1.82, 2.24) is 0 Å². The molecule has 6 heteroatoms. The molecular formula is C20H24O6. The Balaban J connectivity index is 2.27. The SMILES string of the molecule is COC1=CC(OC)(OC)CC=C1C(=O)C=Cc1cccc(OC)c1OC. The number of hydrogen-bond acceptors (Lipinski definition) is 6. The molecule has 0 spiro atoms. The van der Waals surface area contributed by atoms with Gasteiger partial charge >= 0.3 is 0 Å². The molecule has 140 valence electrons. The highest BCUT2D eigenvalue weighted by atomic mass is 16.7. The summed E-state index contributed by atoms with van der Waals surface area (Å²) in [6.07, 6.45) is 6.99. The first-order valence-electron chi connectivity index (χ1n) is 8.05. The molecule has 2 rings (SSSR count). The standard InChI is InChI=1S/C20H24O6/c1-22-17-8-6-7-14(19(17)24-3)9-10-16(21)15-11-12-20(25-4,26-5)13-18(15)23-2/h6-11,13H,12H2,1-5H3. The van der Waals surface area contributed by atoms with Crippen LogP contribution in [0.4, 0.5) is 0 Å². The van der Waals surface area contributed by atoms with Crippen molar-refractivity contribution in [3.8, 4) is 11.5 Å². The summed E-state index contributed by atoms with van der Waals surface area (Å²) in [6, 6.07) is 5.47. The van der Waals surface area contributed by atoms with Crippen molar-refractivity contribution < 1.29 is 28.5 Å². The zero-order chi connectivity index (χ0) is 19.2. The fourth-order valence-corrected chi connectivity index (χ4v) is 2.74. The summed E-state index contributed by atoms with van der Waals surface area (Å²) in [7, 11) is 7.72. The lowest BCUT2D eigenvalue weighted by Gasteiger charge is -2.30. The van der Waals surface area contributed by atoms with E-state index >= 15 is 0 Å². The Morgan fingerprint density at radius 2 is 1.77 bits per heavy atom. The molecule has 26 heavy (non-hydrogen) atoms. The van der Waals surface area contributed by atoms with E-state index in [2.05, 4.69) is 0 Å². The zero-order valence-corrected chi connectivity index (χ0v) is 15.7. The average Bonchev–Trinajstić information content (AvgIpc) is 2.70. The summed E-state index contributed by atoms with van der Waals surface area (Å²) in [5, 5.41) is 0. The molecule has 1 aromatic rings. The molecule has 0 radical (unpaired) electrons. The monoisotopic (exact) mass is 360 g/mol. The van der Waals surface area contributed by atoms with Gasteiger partial charge in [-0.05, 0) is 18.2 Å². The van der Waals surface area contributed by atoms with Crippen molar-refractivity contribution in [2.45, 2.75) is 12.2 Å². The molecule has 0 bridgehead atoms. The topological polar surface area (TPSA) is 63.2 Å². The Bertz CT molecular complexity index is 741. The van der Waals surface area contributed by atoms with Crippen LogP contribution in [0.15, 0.2) is 47.8 Å². The van der Waals surface area contributed by atoms with E-state index in [1.54, 1.807) is 52.7 Å². The molecule has 1 aliphatic rings. The highest BCUT2D eigenvalue weighted by Crippen LogP contribution is 2.33. The lowest BCUT2D eigenvalue weighted by Crippen LogP contribution is -2.34. The Hall–Kier alpha value is -2.57. The van der Waals surface area contributed by atoms with Gasteiger partial charge in [0.2, 0.25) is 0 Å². The number of allylic oxidation sites excluding steroid dienone is 2. The molecular weight excluding hydrogens is 336 g/mol. The van der Waals surface area contributed by atoms with E-state index in [-0.39, 0.29) is 5.78 Å². The number of methoxy groups -OCH3 is 5. The van der Waals surface area contributed by atoms with Crippen LogP contribution < -0.4 is 9.47 Å². The Morgan fingerprint density at radius 1 is 1.04 bits per heavy atom. The van der Waals surface area contributed by atoms with Gasteiger partial charge in [-0.25, -0.2) is 0 Å². The fraction of sp³-hybridized carbons (Fsp3) is 0.350. The molecule has 0 fully saturated rings. The van der Waals surface area contributed by atoms with Crippen molar-refractivity contribution >= 4 is 11.9 Å². The van der Waals surface area contributed by atoms with Gasteiger partial charge in [0.05, 0.1) is 26.9 Å². The van der Waals surface area contributed by atoms with E-state index < -0.39 is 5.79 Å². The lowest BCUT2D eigenvalue weighted by molar-refractivity contribution is -0.169. The summed E-state index contributed by atoms with van der Waals surface area (Å²) in [6.45, 7) is 0. The molecule has 1 aliphatic carbocycles. The number of rotatable bonds is 8. The maximum atomic E-state index is 12.7. The molecule has 0 saturated carbocycles. The van der Waals surface area contributed by atoms with Gasteiger partial charge in [0.1, 0.15) is 5.76 Å². The molecule has 0 aromatic heterocycles. The highest BCUT2D eigenvalue weighted by Gasteiger charge is 2.33. The third-order valence-electron chi connectivity index (χ3n) is 4.23. The quantitative estimate of drug-likeness (QED) is 0.524. The van der Waals surface area contributed by atoms with Gasteiger partial charge in [-0.2, -0.15) is 0 Å². The minimum absolute atomic E-state index is 0.191. The van der Waals surface area contributed by atoms with Gasteiger partial charge in [0.15, 0.2) is 23.1 Å². The van der Waals surface area contributed by atoms with E-state index in [9.17, 15) is 4.79 Å². The Kier molecular flexibility index (Phi) is 6.60. The van der Waals surface area contributed by atoms with Crippen LogP contribution in [0.3, 0.4) is 0 Å². The van der Waals surface area contributed by atoms with Crippen molar-refractivity contribution in [1.29, 1.82) is 0 Å². The molecule has 0 unspecified atom stereocenters. The van der Waals surface area contributed by atoms with Gasteiger partial charge in [0, 0.05) is 32.3 Å². The predicted molar refractivity (Wildman–Crippen MR) is 98.1 cm³/mol. The summed E-state index contributed by atoms with van der Waals surface area (Å²) in [5.74, 6) is 0.462. The van der Waals surface area contributed by atoms with Crippen LogP contribution in [-0.2, 0) is 19.0 Å². The summed E-state index contributed by atoms with van der Waals surface area (Å²) >= 11 is 0. The predicted octanol–water partition coefficient (Wildman–Crippen LogP) is 3.14. The molecule has 0 heterocycles. The average molecular weight is 360 g/mol. The van der Waals surface area contributed by atoms with Gasteiger partial charge in [-0.3, -0.25) is 4.79 Å². The van der Waals surface area contributed by atoms with E-state index in [0.717, 1.165) is 5.56 Å². The number of ether oxygens (including phenoxy) is 5. The second kappa shape index (κ2) is 8.69. The normalized spacial score (nSPS) is 16.0. The second-order valence-electron chi connectivity index (χ2n) is 5.54. The van der Waals surface area contributed by atoms with Gasteiger partial charge in [-0.15, -0.1) is 0 Å². The first-order chi connectivity index (χ1) is 12.5. The summed E-state index contributed by atoms with van der Waals surface area (Å²) in [4.78, 5) is 12.7. The Morgan fingerprint density at radius 3 is 2.35 bits per heavy atom. The number of ketones is 1. The van der Waals surface area contributed by atoms with Gasteiger partial charge in [0.25, 0.3) is 0 Å². The molecule has 0 aliphatic heterocycles. The third kappa shape index (κ3) is 3.98. The van der Waals surface area contributed by atoms with Crippen molar-refractivity contribution in [3.05, 3.63) is 53.3 Å². The van der Waals surface area contributed by atoms with Gasteiger partial charge < -0.3 is 23.7 Å². The first-order valence-corrected chi connectivity index (χ1v) is 8.05. The molecule has 0 N–H and O–H groups in total. The van der Waals surface area contributed by atoms with Gasteiger partial charge in [-0.1, -0.05) is 18.2 Å². The summed E-state index contributed by atoms with van der Waals surface area (Å²) in [5.41, 5.74) is 1.19. The minimum Gasteiger partial charge on any atom is -0.496 e. The van der Waals surface area contributed by atoms with Crippen LogP contribution in [-0.4, -0.2) is 47.1 Å². The van der Waals surface area contributed by atoms with Crippen molar-refractivity contribution in [3.63, 3.8) is 0 Å². The number of carbonyl (C=O) groups excluding carboxylic acids is 1. The van der Waals surface area contributed by atoms with Crippen LogP contribution in [0.5, 0.6) is 11.5 Å². The number of benzene rings is 1. The maximum Gasteiger partial charge on any atom is 0.194 e. The van der Waals surface area contributed by atoms with Crippen LogP contribution in [0.1, 0.15) is 12.0 Å².